The van der Waals surface area contributed by atoms with Crippen molar-refractivity contribution in [2.45, 2.75) is 0 Å². The summed E-state index contributed by atoms with van der Waals surface area (Å²) in [6.45, 7) is 0. The van der Waals surface area contributed by atoms with Gasteiger partial charge in [0.15, 0.2) is 0 Å². The molecule has 2 N–H and O–H groups in total. The van der Waals surface area contributed by atoms with Gasteiger partial charge in [0, 0.05) is 17.6 Å². The van der Waals surface area contributed by atoms with E-state index in [0.717, 1.165) is 0 Å². The Kier molecular flexibility index (Phi) is 4.84. The van der Waals surface area contributed by atoms with Crippen LogP contribution in [0, 0.1) is 5.82 Å². The van der Waals surface area contributed by atoms with Crippen LogP contribution in [0.5, 0.6) is 0 Å². The first-order valence-electron chi connectivity index (χ1n) is 7.45. The van der Waals surface area contributed by atoms with Gasteiger partial charge in [-0.1, -0.05) is 12.1 Å². The van der Waals surface area contributed by atoms with E-state index in [4.69, 9.17) is 4.74 Å². The molecule has 0 aliphatic heterocycles. The number of ether oxygens (including phenoxy) is 1. The topological polar surface area (TPSA) is 76.1 Å². The predicted octanol–water partition coefficient (Wildman–Crippen LogP) is 3.89. The third kappa shape index (κ3) is 4.29. The molecule has 1 aromatic heterocycles. The van der Waals surface area contributed by atoms with Gasteiger partial charge >= 0.3 is 5.97 Å². The summed E-state index contributed by atoms with van der Waals surface area (Å²) in [5.74, 6) is 0.0781. The molecule has 0 spiro atoms. The molecule has 0 aliphatic rings. The Balaban J connectivity index is 1.77. The van der Waals surface area contributed by atoms with Crippen molar-refractivity contribution in [3.8, 4) is 0 Å². The quantitative estimate of drug-likeness (QED) is 0.687. The van der Waals surface area contributed by atoms with Crippen molar-refractivity contribution in [3.05, 3.63) is 72.2 Å². The summed E-state index contributed by atoms with van der Waals surface area (Å²) in [6.07, 6.45) is 1.57. The third-order valence-corrected chi connectivity index (χ3v) is 3.29. The van der Waals surface area contributed by atoms with Gasteiger partial charge in [0.05, 0.1) is 12.7 Å². The molecule has 0 aliphatic carbocycles. The zero-order valence-corrected chi connectivity index (χ0v) is 13.4. The first kappa shape index (κ1) is 16.4. The Morgan fingerprint density at radius 3 is 2.56 bits per heavy atom. The van der Waals surface area contributed by atoms with Gasteiger partial charge in [-0.15, -0.1) is 0 Å². The van der Waals surface area contributed by atoms with Crippen LogP contribution in [0.3, 0.4) is 0 Å². The first-order chi connectivity index (χ1) is 12.1. The second-order valence-electron chi connectivity index (χ2n) is 5.10. The number of methoxy groups -OCH3 is 1. The number of aromatic nitrogens is 2. The van der Waals surface area contributed by atoms with Crippen LogP contribution in [-0.2, 0) is 4.74 Å². The summed E-state index contributed by atoms with van der Waals surface area (Å²) >= 11 is 0. The van der Waals surface area contributed by atoms with Crippen LogP contribution in [0.25, 0.3) is 0 Å². The van der Waals surface area contributed by atoms with Crippen LogP contribution >= 0.6 is 0 Å². The van der Waals surface area contributed by atoms with Crippen LogP contribution in [0.1, 0.15) is 10.4 Å². The molecule has 0 radical (unpaired) electrons. The van der Waals surface area contributed by atoms with E-state index in [2.05, 4.69) is 20.6 Å². The van der Waals surface area contributed by atoms with Crippen LogP contribution in [0.4, 0.5) is 27.5 Å². The van der Waals surface area contributed by atoms with E-state index in [1.165, 1.54) is 19.2 Å². The van der Waals surface area contributed by atoms with E-state index in [-0.39, 0.29) is 5.82 Å². The summed E-state index contributed by atoms with van der Waals surface area (Å²) in [7, 11) is 1.33. The molecule has 0 saturated heterocycles. The lowest BCUT2D eigenvalue weighted by atomic mass is 10.2. The fourth-order valence-electron chi connectivity index (χ4n) is 2.17. The molecule has 1 heterocycles. The number of anilines is 4. The molecule has 0 saturated carbocycles. The molecule has 0 amide bonds. The standard InChI is InChI=1S/C18H15FN4O2/c1-25-17(24)12-4-2-6-14(10-12)21-16-8-9-20-18(23-16)22-15-7-3-5-13(19)11-15/h2-11H,1H3,(H2,20,21,22,23). The highest BCUT2D eigenvalue weighted by atomic mass is 19.1. The summed E-state index contributed by atoms with van der Waals surface area (Å²) in [4.78, 5) is 20.0. The Labute approximate surface area is 143 Å². The highest BCUT2D eigenvalue weighted by Crippen LogP contribution is 2.19. The van der Waals surface area contributed by atoms with Gasteiger partial charge in [0.2, 0.25) is 5.95 Å². The smallest absolute Gasteiger partial charge is 0.337 e. The van der Waals surface area contributed by atoms with E-state index in [9.17, 15) is 9.18 Å². The van der Waals surface area contributed by atoms with Gasteiger partial charge in [-0.25, -0.2) is 14.2 Å². The molecule has 3 rings (SSSR count). The van der Waals surface area contributed by atoms with Crippen molar-refractivity contribution >= 4 is 29.1 Å². The molecule has 0 atom stereocenters. The zero-order chi connectivity index (χ0) is 17.6. The fourth-order valence-corrected chi connectivity index (χ4v) is 2.17. The van der Waals surface area contributed by atoms with Gasteiger partial charge in [-0.3, -0.25) is 0 Å². The van der Waals surface area contributed by atoms with E-state index in [1.54, 1.807) is 48.7 Å². The number of nitrogens with one attached hydrogen (secondary N) is 2. The second kappa shape index (κ2) is 7.39. The Bertz CT molecular complexity index is 902. The molecule has 126 valence electrons. The van der Waals surface area contributed by atoms with Crippen LogP contribution in [0.2, 0.25) is 0 Å². The number of hydrogen-bond donors (Lipinski definition) is 2. The SMILES string of the molecule is COC(=O)c1cccc(Nc2ccnc(Nc3cccc(F)c3)n2)c1. The fraction of sp³-hybridized carbons (Fsp3) is 0.0556. The van der Waals surface area contributed by atoms with E-state index < -0.39 is 5.97 Å². The van der Waals surface area contributed by atoms with E-state index in [0.29, 0.717) is 28.7 Å². The van der Waals surface area contributed by atoms with Crippen LogP contribution in [-0.4, -0.2) is 23.0 Å². The minimum atomic E-state index is -0.417. The number of carbonyl (C=O) groups excluding carboxylic acids is 1. The van der Waals surface area contributed by atoms with Crippen LogP contribution in [0.15, 0.2) is 60.8 Å². The van der Waals surface area contributed by atoms with Crippen molar-refractivity contribution < 1.29 is 13.9 Å². The Morgan fingerprint density at radius 2 is 1.80 bits per heavy atom. The van der Waals surface area contributed by atoms with Crippen molar-refractivity contribution in [1.82, 2.24) is 9.97 Å². The maximum absolute atomic E-state index is 13.2. The number of halogens is 1. The van der Waals surface area contributed by atoms with Gasteiger partial charge in [-0.05, 0) is 42.5 Å². The first-order valence-corrected chi connectivity index (χ1v) is 7.45. The van der Waals surface area contributed by atoms with Crippen molar-refractivity contribution in [1.29, 1.82) is 0 Å². The van der Waals surface area contributed by atoms with Crippen molar-refractivity contribution in [2.75, 3.05) is 17.7 Å². The largest absolute Gasteiger partial charge is 0.465 e. The number of benzene rings is 2. The lowest BCUT2D eigenvalue weighted by Gasteiger charge is -2.09. The molecule has 0 unspecified atom stereocenters. The third-order valence-electron chi connectivity index (χ3n) is 3.29. The summed E-state index contributed by atoms with van der Waals surface area (Å²) in [5.41, 5.74) is 1.66. The normalized spacial score (nSPS) is 10.2. The van der Waals surface area contributed by atoms with Gasteiger partial charge in [0.25, 0.3) is 0 Å². The maximum Gasteiger partial charge on any atom is 0.337 e. The minimum Gasteiger partial charge on any atom is -0.465 e. The Hall–Kier alpha value is -3.48. The molecule has 25 heavy (non-hydrogen) atoms. The van der Waals surface area contributed by atoms with Gasteiger partial charge < -0.3 is 15.4 Å². The Morgan fingerprint density at radius 1 is 1.04 bits per heavy atom. The van der Waals surface area contributed by atoms with Crippen molar-refractivity contribution in [2.24, 2.45) is 0 Å². The van der Waals surface area contributed by atoms with Crippen molar-refractivity contribution in [3.63, 3.8) is 0 Å². The molecule has 3 aromatic rings. The lowest BCUT2D eigenvalue weighted by molar-refractivity contribution is 0.0601. The number of nitrogens with zero attached hydrogens (tertiary/aromatic N) is 2. The van der Waals surface area contributed by atoms with E-state index >= 15 is 0 Å². The summed E-state index contributed by atoms with van der Waals surface area (Å²) in [6, 6.07) is 14.6. The molecule has 0 fully saturated rings. The highest BCUT2D eigenvalue weighted by Gasteiger charge is 2.07. The molecule has 0 bridgehead atoms. The number of rotatable bonds is 5. The molecular weight excluding hydrogens is 323 g/mol. The summed E-state index contributed by atoms with van der Waals surface area (Å²) in [5, 5.41) is 6.02. The van der Waals surface area contributed by atoms with E-state index in [1.807, 2.05) is 0 Å². The van der Waals surface area contributed by atoms with Gasteiger partial charge in [0.1, 0.15) is 11.6 Å². The molecular formula is C18H15FN4O2. The maximum atomic E-state index is 13.2. The average Bonchev–Trinajstić information content (AvgIpc) is 2.61. The summed E-state index contributed by atoms with van der Waals surface area (Å²) < 4.78 is 17.9. The monoisotopic (exact) mass is 338 g/mol. The number of esters is 1. The molecule has 7 heteroatoms. The van der Waals surface area contributed by atoms with Gasteiger partial charge in [-0.2, -0.15) is 4.98 Å². The lowest BCUT2D eigenvalue weighted by Crippen LogP contribution is -2.03. The number of hydrogen-bond acceptors (Lipinski definition) is 6. The average molecular weight is 338 g/mol. The zero-order valence-electron chi connectivity index (χ0n) is 13.4. The van der Waals surface area contributed by atoms with Crippen LogP contribution < -0.4 is 10.6 Å². The highest BCUT2D eigenvalue weighted by molar-refractivity contribution is 5.90. The minimum absolute atomic E-state index is 0.319. The predicted molar refractivity (Wildman–Crippen MR) is 92.8 cm³/mol. The molecule has 6 nitrogen and oxygen atoms in total. The second-order valence-corrected chi connectivity index (χ2v) is 5.10. The number of carbonyl (C=O) groups is 1. The molecule has 2 aromatic carbocycles.